The maximum atomic E-state index is 15.1. The van der Waals surface area contributed by atoms with Gasteiger partial charge in [0.25, 0.3) is 0 Å². The Bertz CT molecular complexity index is 6700. The van der Waals surface area contributed by atoms with Gasteiger partial charge in [-0.15, -0.1) is 0 Å². The van der Waals surface area contributed by atoms with E-state index in [9.17, 15) is 15.3 Å². The van der Waals surface area contributed by atoms with Crippen LogP contribution in [-0.4, -0.2) is 25.2 Å². The van der Waals surface area contributed by atoms with E-state index in [1.165, 1.54) is 109 Å². The molecule has 0 amide bonds. The van der Waals surface area contributed by atoms with Crippen molar-refractivity contribution in [2.24, 2.45) is 11.8 Å². The molecule has 6 nitrogen and oxygen atoms in total. The highest BCUT2D eigenvalue weighted by atomic mass is 16.5. The summed E-state index contributed by atoms with van der Waals surface area (Å²) in [6.07, 6.45) is 0. The van der Waals surface area contributed by atoms with Crippen LogP contribution in [0.15, 0.2) is 255 Å². The summed E-state index contributed by atoms with van der Waals surface area (Å²) >= 11 is 0. The van der Waals surface area contributed by atoms with Crippen molar-refractivity contribution < 1.29 is 19.1 Å². The second-order valence-corrected chi connectivity index (χ2v) is 28.4. The molecule has 18 aromatic rings. The molecular formula is C96H60N2O4. The van der Waals surface area contributed by atoms with E-state index < -0.39 is 11.9 Å². The first kappa shape index (κ1) is 59.1. The van der Waals surface area contributed by atoms with Gasteiger partial charge in [-0.2, -0.15) is 10.5 Å². The number of benzene rings is 18. The summed E-state index contributed by atoms with van der Waals surface area (Å²) in [5.74, 6) is -0.911. The zero-order valence-corrected chi connectivity index (χ0v) is 56.3. The predicted octanol–water partition coefficient (Wildman–Crippen LogP) is 25.1. The van der Waals surface area contributed by atoms with Crippen molar-refractivity contribution in [2.45, 2.75) is 27.7 Å². The van der Waals surface area contributed by atoms with Gasteiger partial charge in [0.2, 0.25) is 0 Å². The number of hydrogen-bond acceptors (Lipinski definition) is 6. The second-order valence-electron chi connectivity index (χ2n) is 28.4. The summed E-state index contributed by atoms with van der Waals surface area (Å²) in [5.41, 5.74) is 21.7. The summed E-state index contributed by atoms with van der Waals surface area (Å²) < 4.78 is 12.1. The van der Waals surface area contributed by atoms with Gasteiger partial charge in [0, 0.05) is 16.2 Å². The fourth-order valence-corrected chi connectivity index (χ4v) is 17.9. The summed E-state index contributed by atoms with van der Waals surface area (Å²) in [6.45, 7) is 8.39. The number of rotatable bonds is 11. The number of fused-ring (bicyclic) bond motifs is 12. The monoisotopic (exact) mass is 1300 g/mol. The largest absolute Gasteiger partial charge is 0.462 e. The molecule has 0 spiro atoms. The number of carbonyl (C=O) groups is 2. The van der Waals surface area contributed by atoms with Crippen molar-refractivity contribution in [3.8, 4) is 112 Å². The van der Waals surface area contributed by atoms with E-state index in [1.54, 1.807) is 18.2 Å². The smallest absolute Gasteiger partial charge is 0.338 e. The molecule has 6 heteroatoms. The fourth-order valence-electron chi connectivity index (χ4n) is 17.9. The summed E-state index contributed by atoms with van der Waals surface area (Å²) in [4.78, 5) is 29.4. The van der Waals surface area contributed by atoms with Gasteiger partial charge in [0.1, 0.15) is 0 Å². The third kappa shape index (κ3) is 8.21. The Balaban J connectivity index is 0.882. The average Bonchev–Trinajstić information content (AvgIpc) is 1.45. The van der Waals surface area contributed by atoms with Crippen molar-refractivity contribution in [2.75, 3.05) is 13.2 Å². The summed E-state index contributed by atoms with van der Waals surface area (Å²) in [7, 11) is 0. The van der Waals surface area contributed by atoms with Crippen LogP contribution in [0, 0.1) is 34.5 Å². The van der Waals surface area contributed by atoms with E-state index in [0.717, 1.165) is 82.2 Å². The second kappa shape index (κ2) is 22.3. The van der Waals surface area contributed by atoms with E-state index in [0.29, 0.717) is 32.8 Å². The molecule has 18 aromatic carbocycles. The minimum atomic E-state index is -0.530. The lowest BCUT2D eigenvalue weighted by atomic mass is 9.80. The molecular weight excluding hydrogens is 1250 g/mol. The van der Waals surface area contributed by atoms with Gasteiger partial charge >= 0.3 is 11.9 Å². The molecule has 102 heavy (non-hydrogen) atoms. The van der Waals surface area contributed by atoms with Crippen LogP contribution >= 0.6 is 0 Å². The minimum Gasteiger partial charge on any atom is -0.462 e. The highest BCUT2D eigenvalue weighted by molar-refractivity contribution is 6.44. The van der Waals surface area contributed by atoms with E-state index in [2.05, 4.69) is 224 Å². The molecule has 20 rings (SSSR count). The van der Waals surface area contributed by atoms with Crippen LogP contribution in [-0.2, 0) is 9.47 Å². The number of nitrogens with zero attached hydrogens (tertiary/aromatic N) is 2. The first-order chi connectivity index (χ1) is 50.1. The molecule has 0 saturated carbocycles. The number of ether oxygens (including phenoxy) is 2. The third-order valence-electron chi connectivity index (χ3n) is 21.8. The molecule has 478 valence electrons. The number of carbonyl (C=O) groups excluding carboxylic acids is 2. The van der Waals surface area contributed by atoms with Crippen molar-refractivity contribution in [3.63, 3.8) is 0 Å². The number of esters is 2. The van der Waals surface area contributed by atoms with E-state index in [1.807, 2.05) is 52.0 Å². The van der Waals surface area contributed by atoms with E-state index in [-0.39, 0.29) is 30.6 Å². The molecule has 0 aromatic heterocycles. The van der Waals surface area contributed by atoms with Gasteiger partial charge in [-0.1, -0.05) is 252 Å². The quantitative estimate of drug-likeness (QED) is 0.0727. The molecule has 0 unspecified atom stereocenters. The van der Waals surface area contributed by atoms with Crippen molar-refractivity contribution in [1.82, 2.24) is 0 Å². The van der Waals surface area contributed by atoms with Crippen molar-refractivity contribution in [3.05, 3.63) is 277 Å². The minimum absolute atomic E-state index is 0.0455. The predicted molar refractivity (Wildman–Crippen MR) is 420 cm³/mol. The van der Waals surface area contributed by atoms with Crippen LogP contribution in [0.5, 0.6) is 0 Å². The van der Waals surface area contributed by atoms with Gasteiger partial charge in [0.15, 0.2) is 0 Å². The first-order valence-corrected chi connectivity index (χ1v) is 35.1. The lowest BCUT2D eigenvalue weighted by molar-refractivity contribution is 0.0453. The Morgan fingerprint density at radius 1 is 0.275 bits per heavy atom. The van der Waals surface area contributed by atoms with Crippen LogP contribution < -0.4 is 0 Å². The third-order valence-corrected chi connectivity index (χ3v) is 21.8. The normalized spacial score (nSPS) is 12.2. The zero-order valence-electron chi connectivity index (χ0n) is 56.3. The lowest BCUT2D eigenvalue weighted by Gasteiger charge is -2.23. The highest BCUT2D eigenvalue weighted by Gasteiger charge is 2.37. The van der Waals surface area contributed by atoms with Crippen molar-refractivity contribution in [1.29, 1.82) is 10.5 Å². The Morgan fingerprint density at radius 3 is 1.03 bits per heavy atom. The van der Waals surface area contributed by atoms with Gasteiger partial charge < -0.3 is 9.47 Å². The molecule has 0 saturated heterocycles. The molecule has 2 aliphatic carbocycles. The fraction of sp³-hybridized carbons (Fsp3) is 0.0833. The lowest BCUT2D eigenvalue weighted by Crippen LogP contribution is -2.12. The Hall–Kier alpha value is -13.0. The van der Waals surface area contributed by atoms with Gasteiger partial charge in [-0.25, -0.2) is 9.59 Å². The van der Waals surface area contributed by atoms with Gasteiger partial charge in [-0.3, -0.25) is 0 Å². The van der Waals surface area contributed by atoms with Crippen molar-refractivity contribution >= 4 is 120 Å². The zero-order chi connectivity index (χ0) is 68.5. The van der Waals surface area contributed by atoms with Crippen LogP contribution in [0.2, 0.25) is 0 Å². The van der Waals surface area contributed by atoms with E-state index >= 15 is 4.79 Å². The van der Waals surface area contributed by atoms with Crippen LogP contribution in [0.25, 0.3) is 208 Å². The van der Waals surface area contributed by atoms with Crippen LogP contribution in [0.1, 0.15) is 59.5 Å². The molecule has 0 N–H and O–H groups in total. The number of nitriles is 2. The maximum Gasteiger partial charge on any atom is 0.338 e. The number of hydrogen-bond donors (Lipinski definition) is 0. The summed E-state index contributed by atoms with van der Waals surface area (Å²) in [5, 5.41) is 41.9. The molecule has 0 radical (unpaired) electrons. The molecule has 0 heterocycles. The topological polar surface area (TPSA) is 100 Å². The Morgan fingerprint density at radius 2 is 0.608 bits per heavy atom. The first-order valence-electron chi connectivity index (χ1n) is 35.1. The molecule has 0 bridgehead atoms. The standard InChI is InChI=1S/C96H60N2O4/c1-51(2)49-101-95(99)74-44-39-66-67-33-30-59(48-98)83-77(96(100)102-50-52(3)4)46-75(89(90(67)83)69-34-31-58(47-97)82(74)86(66)69)57-29-32-68-76(45-57)81(56-25-15-8-16-26-56)94-73-43-38-65-63-36-41-71-87-70(40-35-62(84(63)87)64-37-42-72(88(73)85(64)65)93(94)80(68)55-23-13-7-14-24-55)91-78(53-19-9-5-10-20-53)60-27-17-18-28-61(60)79(92(71)91)54-21-11-6-12-22-54/h5-46,51-52H,49-50H2,1-4H3. The maximum absolute atomic E-state index is 15.1. The SMILES string of the molecule is CC(C)COC(=O)c1ccc2c3ccc(C#N)c4c(C(=O)OCC(C)C)cc(-c5ccc6c(-c7ccccc7)c7c(c(-c8ccccc8)c6c5)-c5ccc6c8ccc9c%10c(ccc(c%11ccc-7c5c%116)c%108)-c5c-9c(-c6ccccc6)c6ccccc6c5-c5ccccc5)c(c5ccc(C#N)c1c25)c43. The van der Waals surface area contributed by atoms with Gasteiger partial charge in [-0.05, 0) is 234 Å². The Labute approximate surface area is 587 Å². The van der Waals surface area contributed by atoms with Gasteiger partial charge in [0.05, 0.1) is 47.6 Å². The summed E-state index contributed by atoms with van der Waals surface area (Å²) in [6, 6.07) is 96.3. The molecule has 0 atom stereocenters. The van der Waals surface area contributed by atoms with Crippen LogP contribution in [0.3, 0.4) is 0 Å². The Kier molecular flexibility index (Phi) is 12.9. The molecule has 0 aliphatic heterocycles. The molecule has 2 aliphatic rings. The van der Waals surface area contributed by atoms with Crippen LogP contribution in [0.4, 0.5) is 0 Å². The van der Waals surface area contributed by atoms with E-state index in [4.69, 9.17) is 9.47 Å². The molecule has 0 fully saturated rings. The highest BCUT2D eigenvalue weighted by Crippen LogP contribution is 2.63. The average molecular weight is 1310 g/mol.